The van der Waals surface area contributed by atoms with Crippen LogP contribution in [-0.2, 0) is 17.1 Å². The van der Waals surface area contributed by atoms with Gasteiger partial charge in [-0.15, -0.1) is 0 Å². The summed E-state index contributed by atoms with van der Waals surface area (Å²) in [4.78, 5) is 2.02. The Morgan fingerprint density at radius 3 is 2.77 bits per heavy atom. The smallest absolute Gasteiger partial charge is 0.244 e. The Morgan fingerprint density at radius 1 is 1.62 bits per heavy atom. The number of hydrogen-bond acceptors (Lipinski definition) is 3. The first-order valence-electron chi connectivity index (χ1n) is 3.60. The molecule has 72 valence electrons. The number of aryl methyl sites for hydroxylation is 1. The van der Waals surface area contributed by atoms with Crippen LogP contribution in [0.15, 0.2) is 23.4 Å². The highest BCUT2D eigenvalue weighted by atomic mass is 32.2. The quantitative estimate of drug-likeness (QED) is 0.548. The van der Waals surface area contributed by atoms with Crippen molar-refractivity contribution in [1.29, 1.82) is 0 Å². The van der Waals surface area contributed by atoms with E-state index in [0.717, 1.165) is 11.9 Å². The van der Waals surface area contributed by atoms with Crippen molar-refractivity contribution in [3.05, 3.63) is 24.0 Å². The summed E-state index contributed by atoms with van der Waals surface area (Å²) < 4.78 is 23.1. The molecule has 6 heteroatoms. The van der Waals surface area contributed by atoms with Gasteiger partial charge in [-0.25, -0.2) is 13.2 Å². The lowest BCUT2D eigenvalue weighted by molar-refractivity contribution is 0.591. The largest absolute Gasteiger partial charge is 0.350 e. The second kappa shape index (κ2) is 3.61. The number of hydrazone groups is 1. The number of sulfonamides is 1. The zero-order chi connectivity index (χ0) is 9.90. The van der Waals surface area contributed by atoms with Gasteiger partial charge in [0.25, 0.3) is 0 Å². The van der Waals surface area contributed by atoms with Gasteiger partial charge in [0, 0.05) is 13.2 Å². The zero-order valence-electron chi connectivity index (χ0n) is 7.43. The third kappa shape index (κ3) is 3.29. The Hall–Kier alpha value is -1.30. The maximum absolute atomic E-state index is 10.6. The molecule has 0 aliphatic heterocycles. The van der Waals surface area contributed by atoms with Gasteiger partial charge in [-0.2, -0.15) is 5.10 Å². The summed E-state index contributed by atoms with van der Waals surface area (Å²) in [6.07, 6.45) is 4.35. The van der Waals surface area contributed by atoms with Crippen LogP contribution in [-0.4, -0.2) is 25.5 Å². The number of aromatic nitrogens is 1. The lowest BCUT2D eigenvalue weighted by Gasteiger charge is -1.96. The Balaban J connectivity index is 2.65. The highest BCUT2D eigenvalue weighted by Crippen LogP contribution is 1.94. The Labute approximate surface area is 77.1 Å². The molecule has 5 nitrogen and oxygen atoms in total. The molecular weight excluding hydrogens is 190 g/mol. The molecule has 0 unspecified atom stereocenters. The summed E-state index contributed by atoms with van der Waals surface area (Å²) >= 11 is 0. The van der Waals surface area contributed by atoms with E-state index in [4.69, 9.17) is 0 Å². The fourth-order valence-electron chi connectivity index (χ4n) is 0.797. The second-order valence-corrected chi connectivity index (χ2v) is 4.39. The van der Waals surface area contributed by atoms with E-state index in [1.165, 1.54) is 6.21 Å². The van der Waals surface area contributed by atoms with Gasteiger partial charge in [-0.3, -0.25) is 0 Å². The van der Waals surface area contributed by atoms with E-state index < -0.39 is 10.0 Å². The fourth-order valence-corrected chi connectivity index (χ4v) is 1.04. The summed E-state index contributed by atoms with van der Waals surface area (Å²) in [6.45, 7) is 0. The molecule has 0 saturated carbocycles. The number of hydrogen-bond donors (Lipinski definition) is 1. The minimum absolute atomic E-state index is 0.830. The normalized spacial score (nSPS) is 12.2. The molecule has 1 N–H and O–H groups in total. The van der Waals surface area contributed by atoms with Gasteiger partial charge in [0.2, 0.25) is 10.0 Å². The molecular formula is C7H11N3O2S. The molecule has 0 radical (unpaired) electrons. The van der Waals surface area contributed by atoms with Gasteiger partial charge < -0.3 is 4.57 Å². The van der Waals surface area contributed by atoms with Gasteiger partial charge >= 0.3 is 0 Å². The number of rotatable bonds is 3. The zero-order valence-corrected chi connectivity index (χ0v) is 8.25. The average Bonchev–Trinajstić information content (AvgIpc) is 2.34. The summed E-state index contributed by atoms with van der Waals surface area (Å²) in [7, 11) is -1.40. The Kier molecular flexibility index (Phi) is 2.72. The SMILES string of the molecule is Cn1cccc1/C=N/NS(C)(=O)=O. The summed E-state index contributed by atoms with van der Waals surface area (Å²) in [5, 5.41) is 3.56. The molecule has 0 bridgehead atoms. The predicted molar refractivity (Wildman–Crippen MR) is 51.0 cm³/mol. The van der Waals surface area contributed by atoms with Crippen molar-refractivity contribution < 1.29 is 8.42 Å². The van der Waals surface area contributed by atoms with Crippen LogP contribution >= 0.6 is 0 Å². The van der Waals surface area contributed by atoms with Gasteiger partial charge in [0.05, 0.1) is 18.2 Å². The van der Waals surface area contributed by atoms with Crippen LogP contribution < -0.4 is 4.83 Å². The monoisotopic (exact) mass is 201 g/mol. The molecule has 1 rings (SSSR count). The topological polar surface area (TPSA) is 63.5 Å². The van der Waals surface area contributed by atoms with Gasteiger partial charge in [0.1, 0.15) is 0 Å². The highest BCUT2D eigenvalue weighted by Gasteiger charge is 1.95. The molecule has 1 aromatic heterocycles. The molecule has 0 aliphatic rings. The van der Waals surface area contributed by atoms with Crippen molar-refractivity contribution in [3.63, 3.8) is 0 Å². The first-order chi connectivity index (χ1) is 5.99. The van der Waals surface area contributed by atoms with Gasteiger partial charge in [0.15, 0.2) is 0 Å². The lowest BCUT2D eigenvalue weighted by atomic mass is 10.5. The van der Waals surface area contributed by atoms with E-state index in [2.05, 4.69) is 5.10 Å². The third-order valence-corrected chi connectivity index (χ3v) is 1.84. The number of nitrogens with zero attached hydrogens (tertiary/aromatic N) is 2. The van der Waals surface area contributed by atoms with E-state index in [1.807, 2.05) is 34.8 Å². The Bertz CT molecular complexity index is 405. The summed E-state index contributed by atoms with van der Waals surface area (Å²) in [6, 6.07) is 3.68. The molecule has 1 aromatic rings. The predicted octanol–water partition coefficient (Wildman–Crippen LogP) is -0.0918. The average molecular weight is 201 g/mol. The van der Waals surface area contributed by atoms with E-state index in [1.54, 1.807) is 0 Å². The molecule has 0 amide bonds. The standard InChI is InChI=1S/C7H11N3O2S/c1-10-5-3-4-7(10)6-8-9-13(2,11)12/h3-6,9H,1-2H3/b8-6+. The van der Waals surface area contributed by atoms with Crippen LogP contribution in [0, 0.1) is 0 Å². The summed E-state index contributed by atoms with van der Waals surface area (Å²) in [5.41, 5.74) is 0.830. The van der Waals surface area contributed by atoms with E-state index in [0.29, 0.717) is 0 Å². The van der Waals surface area contributed by atoms with E-state index in [9.17, 15) is 8.42 Å². The van der Waals surface area contributed by atoms with Crippen molar-refractivity contribution in [2.45, 2.75) is 0 Å². The first-order valence-corrected chi connectivity index (χ1v) is 5.49. The molecule has 0 atom stereocenters. The van der Waals surface area contributed by atoms with Crippen molar-refractivity contribution in [1.82, 2.24) is 9.40 Å². The molecule has 0 saturated heterocycles. The van der Waals surface area contributed by atoms with Crippen LogP contribution in [0.25, 0.3) is 0 Å². The van der Waals surface area contributed by atoms with Crippen molar-refractivity contribution in [3.8, 4) is 0 Å². The summed E-state index contributed by atoms with van der Waals surface area (Å²) in [5.74, 6) is 0. The van der Waals surface area contributed by atoms with Crippen LogP contribution in [0.3, 0.4) is 0 Å². The molecule has 0 aliphatic carbocycles. The third-order valence-electron chi connectivity index (χ3n) is 1.40. The van der Waals surface area contributed by atoms with Crippen molar-refractivity contribution >= 4 is 16.2 Å². The second-order valence-electron chi connectivity index (χ2n) is 2.67. The maximum atomic E-state index is 10.6. The molecule has 1 heterocycles. The van der Waals surface area contributed by atoms with Crippen LogP contribution in [0.5, 0.6) is 0 Å². The molecule has 0 aromatic carbocycles. The van der Waals surface area contributed by atoms with E-state index >= 15 is 0 Å². The van der Waals surface area contributed by atoms with Crippen LogP contribution in [0.2, 0.25) is 0 Å². The van der Waals surface area contributed by atoms with Gasteiger partial charge in [-0.05, 0) is 12.1 Å². The molecule has 0 spiro atoms. The minimum Gasteiger partial charge on any atom is -0.350 e. The Morgan fingerprint density at radius 2 is 2.31 bits per heavy atom. The molecule has 13 heavy (non-hydrogen) atoms. The fraction of sp³-hybridized carbons (Fsp3) is 0.286. The van der Waals surface area contributed by atoms with Crippen molar-refractivity contribution in [2.75, 3.05) is 6.26 Å². The van der Waals surface area contributed by atoms with Crippen LogP contribution in [0.4, 0.5) is 0 Å². The molecule has 0 fully saturated rings. The van der Waals surface area contributed by atoms with Crippen LogP contribution in [0.1, 0.15) is 5.69 Å². The lowest BCUT2D eigenvalue weighted by Crippen LogP contribution is -2.15. The number of nitrogens with one attached hydrogen (secondary N) is 1. The highest BCUT2D eigenvalue weighted by molar-refractivity contribution is 7.88. The first kappa shape index (κ1) is 9.79. The van der Waals surface area contributed by atoms with E-state index in [-0.39, 0.29) is 0 Å². The van der Waals surface area contributed by atoms with Crippen molar-refractivity contribution in [2.24, 2.45) is 12.1 Å². The minimum atomic E-state index is -3.25. The maximum Gasteiger partial charge on any atom is 0.244 e. The van der Waals surface area contributed by atoms with Gasteiger partial charge in [-0.1, -0.05) is 0 Å².